The van der Waals surface area contributed by atoms with Crippen molar-refractivity contribution in [3.05, 3.63) is 64.1 Å². The highest BCUT2D eigenvalue weighted by Crippen LogP contribution is 2.27. The summed E-state index contributed by atoms with van der Waals surface area (Å²) in [5, 5.41) is 0. The van der Waals surface area contributed by atoms with Gasteiger partial charge in [-0.1, -0.05) is 45.8 Å². The molecule has 20 heavy (non-hydrogen) atoms. The van der Waals surface area contributed by atoms with Crippen LogP contribution < -0.4 is 10.6 Å². The fourth-order valence-electron chi connectivity index (χ4n) is 2.45. The molecule has 0 radical (unpaired) electrons. The van der Waals surface area contributed by atoms with Crippen LogP contribution in [-0.2, 0) is 0 Å². The third-order valence-electron chi connectivity index (χ3n) is 3.56. The first-order chi connectivity index (χ1) is 9.65. The average molecular weight is 333 g/mol. The quantitative estimate of drug-likeness (QED) is 0.885. The van der Waals surface area contributed by atoms with E-state index in [2.05, 4.69) is 83.2 Å². The molecule has 0 saturated carbocycles. The van der Waals surface area contributed by atoms with Crippen LogP contribution in [0.1, 0.15) is 24.1 Å². The molecule has 2 nitrogen and oxygen atoms in total. The van der Waals surface area contributed by atoms with Gasteiger partial charge in [0.1, 0.15) is 0 Å². The minimum Gasteiger partial charge on any atom is -0.363 e. The van der Waals surface area contributed by atoms with Crippen LogP contribution in [0.4, 0.5) is 5.69 Å². The van der Waals surface area contributed by atoms with Crippen molar-refractivity contribution in [2.45, 2.75) is 19.9 Å². The summed E-state index contributed by atoms with van der Waals surface area (Å²) >= 11 is 3.48. The Bertz CT molecular complexity index is 482. The van der Waals surface area contributed by atoms with Crippen LogP contribution in [0.25, 0.3) is 0 Å². The maximum absolute atomic E-state index is 6.03. The number of nitrogens with zero attached hydrogens (tertiary/aromatic N) is 1. The third-order valence-corrected chi connectivity index (χ3v) is 4.09. The number of rotatable bonds is 5. The Morgan fingerprint density at radius 3 is 2.15 bits per heavy atom. The Hall–Kier alpha value is -1.32. The van der Waals surface area contributed by atoms with Gasteiger partial charge in [-0.05, 0) is 43.7 Å². The summed E-state index contributed by atoms with van der Waals surface area (Å²) in [4.78, 5) is 2.35. The van der Waals surface area contributed by atoms with Gasteiger partial charge in [0.15, 0.2) is 0 Å². The van der Waals surface area contributed by atoms with Crippen molar-refractivity contribution < 1.29 is 0 Å². The molecule has 2 aromatic carbocycles. The van der Waals surface area contributed by atoms with E-state index in [4.69, 9.17) is 5.73 Å². The highest BCUT2D eigenvalue weighted by molar-refractivity contribution is 9.10. The van der Waals surface area contributed by atoms with E-state index in [0.717, 1.165) is 11.0 Å². The fourth-order valence-corrected chi connectivity index (χ4v) is 2.71. The van der Waals surface area contributed by atoms with Gasteiger partial charge in [-0.3, -0.25) is 0 Å². The number of hydrogen-bond donors (Lipinski definition) is 1. The number of aryl methyl sites for hydroxylation is 1. The first-order valence-corrected chi connectivity index (χ1v) is 7.74. The Kier molecular flexibility index (Phi) is 5.21. The summed E-state index contributed by atoms with van der Waals surface area (Å²) in [6.07, 6.45) is 0. The van der Waals surface area contributed by atoms with E-state index in [1.54, 1.807) is 0 Å². The van der Waals surface area contributed by atoms with Crippen LogP contribution in [-0.4, -0.2) is 13.1 Å². The van der Waals surface area contributed by atoms with Gasteiger partial charge in [-0.25, -0.2) is 0 Å². The molecule has 1 unspecified atom stereocenters. The smallest absolute Gasteiger partial charge is 0.0664 e. The zero-order valence-corrected chi connectivity index (χ0v) is 13.6. The Morgan fingerprint density at radius 2 is 1.65 bits per heavy atom. The first-order valence-electron chi connectivity index (χ1n) is 6.94. The molecule has 0 aliphatic heterocycles. The molecule has 106 valence electrons. The van der Waals surface area contributed by atoms with E-state index in [1.165, 1.54) is 16.8 Å². The van der Waals surface area contributed by atoms with Crippen LogP contribution in [0.5, 0.6) is 0 Å². The van der Waals surface area contributed by atoms with Gasteiger partial charge in [-0.15, -0.1) is 0 Å². The third kappa shape index (κ3) is 3.41. The molecule has 0 aromatic heterocycles. The van der Waals surface area contributed by atoms with Crippen LogP contribution in [0, 0.1) is 6.92 Å². The number of hydrogen-bond acceptors (Lipinski definition) is 2. The first kappa shape index (κ1) is 15.1. The van der Waals surface area contributed by atoms with Crippen molar-refractivity contribution in [3.8, 4) is 0 Å². The van der Waals surface area contributed by atoms with E-state index in [9.17, 15) is 0 Å². The Labute approximate surface area is 129 Å². The van der Waals surface area contributed by atoms with Crippen LogP contribution in [0.3, 0.4) is 0 Å². The second-order valence-corrected chi connectivity index (χ2v) is 5.84. The highest BCUT2D eigenvalue weighted by Gasteiger charge is 2.18. The van der Waals surface area contributed by atoms with E-state index >= 15 is 0 Å². The van der Waals surface area contributed by atoms with Gasteiger partial charge in [0.2, 0.25) is 0 Å². The standard InChI is InChI=1S/C17H21BrN2/c1-3-20(16-10-4-13(2)5-11-16)17(12-19)14-6-8-15(18)9-7-14/h4-11,17H,3,12,19H2,1-2H3. The van der Waals surface area contributed by atoms with Crippen molar-refractivity contribution in [2.24, 2.45) is 5.73 Å². The minimum atomic E-state index is 0.204. The number of nitrogens with two attached hydrogens (primary N) is 1. The summed E-state index contributed by atoms with van der Waals surface area (Å²) in [7, 11) is 0. The lowest BCUT2D eigenvalue weighted by Crippen LogP contribution is -2.33. The molecule has 2 N–H and O–H groups in total. The van der Waals surface area contributed by atoms with Gasteiger partial charge >= 0.3 is 0 Å². The summed E-state index contributed by atoms with van der Waals surface area (Å²) in [6.45, 7) is 5.81. The molecule has 0 amide bonds. The second kappa shape index (κ2) is 6.91. The molecule has 0 fully saturated rings. The summed E-state index contributed by atoms with van der Waals surface area (Å²) in [5.41, 5.74) is 9.78. The SMILES string of the molecule is CCN(c1ccc(C)cc1)C(CN)c1ccc(Br)cc1. The number of anilines is 1. The van der Waals surface area contributed by atoms with Gasteiger partial charge in [0.25, 0.3) is 0 Å². The van der Waals surface area contributed by atoms with Crippen LogP contribution >= 0.6 is 15.9 Å². The molecule has 2 rings (SSSR count). The lowest BCUT2D eigenvalue weighted by molar-refractivity contribution is 0.643. The van der Waals surface area contributed by atoms with Gasteiger partial charge in [-0.2, -0.15) is 0 Å². The molecule has 1 atom stereocenters. The Balaban J connectivity index is 2.32. The molecule has 0 spiro atoms. The zero-order chi connectivity index (χ0) is 14.5. The van der Waals surface area contributed by atoms with Crippen LogP contribution in [0.15, 0.2) is 53.0 Å². The normalized spacial score (nSPS) is 12.2. The molecular formula is C17H21BrN2. The zero-order valence-electron chi connectivity index (χ0n) is 12.0. The summed E-state index contributed by atoms with van der Waals surface area (Å²) in [6, 6.07) is 17.2. The predicted molar refractivity (Wildman–Crippen MR) is 90.1 cm³/mol. The predicted octanol–water partition coefficient (Wildman–Crippen LogP) is 4.28. The van der Waals surface area contributed by atoms with E-state index in [-0.39, 0.29) is 6.04 Å². The fraction of sp³-hybridized carbons (Fsp3) is 0.294. The summed E-state index contributed by atoms with van der Waals surface area (Å²) in [5.74, 6) is 0. The maximum Gasteiger partial charge on any atom is 0.0664 e. The molecule has 0 bridgehead atoms. The van der Waals surface area contributed by atoms with Crippen LogP contribution in [0.2, 0.25) is 0 Å². The average Bonchev–Trinajstić information content (AvgIpc) is 2.47. The molecule has 0 saturated heterocycles. The molecular weight excluding hydrogens is 312 g/mol. The van der Waals surface area contributed by atoms with Gasteiger partial charge in [0.05, 0.1) is 6.04 Å². The lowest BCUT2D eigenvalue weighted by atomic mass is 10.0. The van der Waals surface area contributed by atoms with Crippen molar-refractivity contribution in [1.29, 1.82) is 0 Å². The molecule has 0 aliphatic carbocycles. The van der Waals surface area contributed by atoms with Gasteiger partial charge in [0, 0.05) is 23.2 Å². The monoisotopic (exact) mass is 332 g/mol. The van der Waals surface area contributed by atoms with Gasteiger partial charge < -0.3 is 10.6 Å². The number of halogens is 1. The topological polar surface area (TPSA) is 29.3 Å². The number of likely N-dealkylation sites (N-methyl/N-ethyl adjacent to an activating group) is 1. The van der Waals surface area contributed by atoms with E-state index in [0.29, 0.717) is 6.54 Å². The molecule has 0 heterocycles. The molecule has 0 aliphatic rings. The second-order valence-electron chi connectivity index (χ2n) is 4.92. The van der Waals surface area contributed by atoms with E-state index in [1.807, 2.05) is 0 Å². The molecule has 3 heteroatoms. The minimum absolute atomic E-state index is 0.204. The van der Waals surface area contributed by atoms with Crippen molar-refractivity contribution in [2.75, 3.05) is 18.0 Å². The Morgan fingerprint density at radius 1 is 1.05 bits per heavy atom. The van der Waals surface area contributed by atoms with Crippen molar-refractivity contribution in [1.82, 2.24) is 0 Å². The van der Waals surface area contributed by atoms with Crippen molar-refractivity contribution in [3.63, 3.8) is 0 Å². The number of benzene rings is 2. The van der Waals surface area contributed by atoms with E-state index < -0.39 is 0 Å². The summed E-state index contributed by atoms with van der Waals surface area (Å²) < 4.78 is 1.09. The van der Waals surface area contributed by atoms with Crippen molar-refractivity contribution >= 4 is 21.6 Å². The lowest BCUT2D eigenvalue weighted by Gasteiger charge is -2.32. The molecule has 2 aromatic rings. The highest BCUT2D eigenvalue weighted by atomic mass is 79.9. The largest absolute Gasteiger partial charge is 0.363 e. The maximum atomic E-state index is 6.03.